The molecule has 0 aliphatic carbocycles. The molecule has 2 heterocycles. The zero-order chi connectivity index (χ0) is 16.7. The molecule has 22 heavy (non-hydrogen) atoms. The van der Waals surface area contributed by atoms with E-state index in [0.717, 1.165) is 0 Å². The molecule has 2 aliphatic heterocycles. The third kappa shape index (κ3) is 3.32. The highest BCUT2D eigenvalue weighted by Crippen LogP contribution is 2.47. The monoisotopic (exact) mass is 346 g/mol. The first-order valence-corrected chi connectivity index (χ1v) is 8.77. The van der Waals surface area contributed by atoms with Gasteiger partial charge in [0.05, 0.1) is 9.49 Å². The van der Waals surface area contributed by atoms with Gasteiger partial charge >= 0.3 is 12.1 Å². The van der Waals surface area contributed by atoms with Gasteiger partial charge in [-0.25, -0.2) is 9.59 Å². The lowest BCUT2D eigenvalue weighted by Gasteiger charge is -2.34. The van der Waals surface area contributed by atoms with Crippen LogP contribution in [0.1, 0.15) is 27.7 Å². The number of amides is 6. The highest BCUT2D eigenvalue weighted by atomic mass is 33.1. The summed E-state index contributed by atoms with van der Waals surface area (Å²) in [5.41, 5.74) is 0. The normalized spacial score (nSPS) is 25.6. The van der Waals surface area contributed by atoms with Crippen LogP contribution in [0.4, 0.5) is 9.59 Å². The SMILES string of the molecule is CC(C)(SSC(C)(C)[C@H]1NC(=O)NC1=O)[C@H]1NC(=O)NC1=O. The Balaban J connectivity index is 2.01. The van der Waals surface area contributed by atoms with Gasteiger partial charge in [-0.3, -0.25) is 20.2 Å². The fourth-order valence-electron chi connectivity index (χ4n) is 2.12. The highest BCUT2D eigenvalue weighted by molar-refractivity contribution is 8.77. The lowest BCUT2D eigenvalue weighted by atomic mass is 10.0. The van der Waals surface area contributed by atoms with Crippen molar-refractivity contribution in [2.45, 2.75) is 49.3 Å². The number of hydrogen-bond acceptors (Lipinski definition) is 6. The molecule has 6 amide bonds. The summed E-state index contributed by atoms with van der Waals surface area (Å²) in [6.45, 7) is 7.35. The molecule has 2 fully saturated rings. The largest absolute Gasteiger partial charge is 0.325 e. The molecule has 0 aromatic carbocycles. The summed E-state index contributed by atoms with van der Waals surface area (Å²) in [5.74, 6) is -0.736. The molecule has 0 aromatic rings. The Kier molecular flexibility index (Phi) is 4.35. The van der Waals surface area contributed by atoms with Crippen molar-refractivity contribution in [1.82, 2.24) is 21.3 Å². The third-order valence-electron chi connectivity index (χ3n) is 3.41. The predicted molar refractivity (Wildman–Crippen MR) is 84.3 cm³/mol. The second-order valence-electron chi connectivity index (χ2n) is 6.17. The number of carbonyl (C=O) groups excluding carboxylic acids is 4. The van der Waals surface area contributed by atoms with Crippen molar-refractivity contribution in [2.75, 3.05) is 0 Å². The number of carbonyl (C=O) groups is 4. The van der Waals surface area contributed by atoms with Gasteiger partial charge in [-0.2, -0.15) is 0 Å². The second-order valence-corrected chi connectivity index (χ2v) is 9.60. The van der Waals surface area contributed by atoms with Crippen molar-refractivity contribution >= 4 is 45.5 Å². The molecule has 0 radical (unpaired) electrons. The average Bonchev–Trinajstić information content (AvgIpc) is 2.90. The zero-order valence-electron chi connectivity index (χ0n) is 12.6. The van der Waals surface area contributed by atoms with Gasteiger partial charge in [-0.15, -0.1) is 0 Å². The Hall–Kier alpha value is -1.42. The number of urea groups is 2. The van der Waals surface area contributed by atoms with Crippen LogP contribution in [-0.2, 0) is 9.59 Å². The predicted octanol–water partition coefficient (Wildman–Crippen LogP) is 0.341. The van der Waals surface area contributed by atoms with Crippen LogP contribution in [-0.4, -0.2) is 45.5 Å². The minimum Gasteiger partial charge on any atom is -0.325 e. The first-order valence-electron chi connectivity index (χ1n) is 6.62. The molecule has 2 atom stereocenters. The topological polar surface area (TPSA) is 116 Å². The molecule has 4 N–H and O–H groups in total. The first kappa shape index (κ1) is 16.9. The quantitative estimate of drug-likeness (QED) is 0.421. The van der Waals surface area contributed by atoms with Crippen LogP contribution in [0.2, 0.25) is 0 Å². The minimum atomic E-state index is -0.653. The maximum atomic E-state index is 11.8. The van der Waals surface area contributed by atoms with Crippen LogP contribution in [0, 0.1) is 0 Å². The lowest BCUT2D eigenvalue weighted by molar-refractivity contribution is -0.121. The van der Waals surface area contributed by atoms with E-state index in [1.165, 1.54) is 21.6 Å². The van der Waals surface area contributed by atoms with Gasteiger partial charge in [0.1, 0.15) is 12.1 Å². The molecule has 0 saturated carbocycles. The van der Waals surface area contributed by atoms with Gasteiger partial charge in [0.15, 0.2) is 0 Å². The molecular formula is C12H18N4O4S2. The number of imide groups is 2. The Bertz CT molecular complexity index is 501. The number of nitrogens with one attached hydrogen (secondary N) is 4. The van der Waals surface area contributed by atoms with Gasteiger partial charge in [0, 0.05) is 0 Å². The van der Waals surface area contributed by atoms with E-state index in [9.17, 15) is 19.2 Å². The molecular weight excluding hydrogens is 328 g/mol. The average molecular weight is 346 g/mol. The summed E-state index contributed by atoms with van der Waals surface area (Å²) in [5, 5.41) is 9.58. The summed E-state index contributed by atoms with van der Waals surface area (Å²) in [6.07, 6.45) is 0. The van der Waals surface area contributed by atoms with E-state index in [4.69, 9.17) is 0 Å². The van der Waals surface area contributed by atoms with Crippen LogP contribution in [0.3, 0.4) is 0 Å². The van der Waals surface area contributed by atoms with Crippen LogP contribution in [0.15, 0.2) is 0 Å². The van der Waals surface area contributed by atoms with Crippen molar-refractivity contribution in [3.8, 4) is 0 Å². The number of rotatable bonds is 5. The Morgan fingerprint density at radius 2 is 1.05 bits per heavy atom. The zero-order valence-corrected chi connectivity index (χ0v) is 14.2. The summed E-state index contributed by atoms with van der Waals surface area (Å²) in [4.78, 5) is 46.0. The van der Waals surface area contributed by atoms with Crippen LogP contribution >= 0.6 is 21.6 Å². The van der Waals surface area contributed by atoms with Gasteiger partial charge < -0.3 is 10.6 Å². The molecule has 0 spiro atoms. The van der Waals surface area contributed by atoms with E-state index in [1.807, 2.05) is 27.7 Å². The summed E-state index contributed by atoms with van der Waals surface area (Å²) >= 11 is 0. The maximum absolute atomic E-state index is 11.8. The number of hydrogen-bond donors (Lipinski definition) is 4. The van der Waals surface area contributed by atoms with E-state index >= 15 is 0 Å². The Labute approximate surface area is 135 Å². The van der Waals surface area contributed by atoms with Crippen molar-refractivity contribution < 1.29 is 19.2 Å². The van der Waals surface area contributed by atoms with E-state index < -0.39 is 33.6 Å². The van der Waals surface area contributed by atoms with Gasteiger partial charge in [0.25, 0.3) is 11.8 Å². The van der Waals surface area contributed by atoms with Gasteiger partial charge in [-0.05, 0) is 27.7 Å². The smallest absolute Gasteiger partial charge is 0.322 e. The van der Waals surface area contributed by atoms with E-state index in [2.05, 4.69) is 21.3 Å². The molecule has 0 unspecified atom stereocenters. The standard InChI is InChI=1S/C12H18N4O4S2/c1-11(2,5-7(17)15-9(19)13-5)21-22-12(3,4)6-8(18)16-10(20)14-6/h5-6H,1-4H3,(H2,13,15,17,19)(H2,14,16,18,20)/t5-,6-/m0/s1. The molecule has 8 nitrogen and oxygen atoms in total. The molecule has 0 aromatic heterocycles. The van der Waals surface area contributed by atoms with Crippen molar-refractivity contribution in [3.05, 3.63) is 0 Å². The molecule has 2 rings (SSSR count). The maximum Gasteiger partial charge on any atom is 0.322 e. The molecule has 122 valence electrons. The highest BCUT2D eigenvalue weighted by Gasteiger charge is 2.46. The summed E-state index contributed by atoms with van der Waals surface area (Å²) < 4.78 is -1.17. The molecule has 0 bridgehead atoms. The van der Waals surface area contributed by atoms with Gasteiger partial charge in [0.2, 0.25) is 0 Å². The first-order chi connectivity index (χ1) is 10.0. The molecule has 2 saturated heterocycles. The van der Waals surface area contributed by atoms with Gasteiger partial charge in [-0.1, -0.05) is 21.6 Å². The van der Waals surface area contributed by atoms with Crippen molar-refractivity contribution in [1.29, 1.82) is 0 Å². The second kappa shape index (κ2) is 5.65. The minimum absolute atomic E-state index is 0.368. The molecule has 2 aliphatic rings. The summed E-state index contributed by atoms with van der Waals surface area (Å²) in [7, 11) is 2.78. The van der Waals surface area contributed by atoms with Crippen LogP contribution < -0.4 is 21.3 Å². The fourth-order valence-corrected chi connectivity index (χ4v) is 4.94. The Morgan fingerprint density at radius 1 is 0.727 bits per heavy atom. The van der Waals surface area contributed by atoms with Crippen LogP contribution in [0.5, 0.6) is 0 Å². The fraction of sp³-hybridized carbons (Fsp3) is 0.667. The Morgan fingerprint density at radius 3 is 1.27 bits per heavy atom. The van der Waals surface area contributed by atoms with E-state index in [-0.39, 0.29) is 11.8 Å². The van der Waals surface area contributed by atoms with E-state index in [1.54, 1.807) is 0 Å². The molecule has 10 heteroatoms. The summed E-state index contributed by atoms with van der Waals surface area (Å²) in [6, 6.07) is -2.31. The van der Waals surface area contributed by atoms with Crippen molar-refractivity contribution in [3.63, 3.8) is 0 Å². The van der Waals surface area contributed by atoms with E-state index in [0.29, 0.717) is 0 Å². The van der Waals surface area contributed by atoms with Crippen LogP contribution in [0.25, 0.3) is 0 Å². The third-order valence-corrected chi connectivity index (χ3v) is 7.65. The lowest BCUT2D eigenvalue weighted by Crippen LogP contribution is -2.48. The van der Waals surface area contributed by atoms with Crippen molar-refractivity contribution in [2.24, 2.45) is 0 Å².